The second kappa shape index (κ2) is 8.68. The fourth-order valence-corrected chi connectivity index (χ4v) is 3.47. The molecule has 152 valence electrons. The third-order valence-corrected chi connectivity index (χ3v) is 5.10. The van der Waals surface area contributed by atoms with Crippen LogP contribution >= 0.6 is 0 Å². The van der Waals surface area contributed by atoms with Crippen molar-refractivity contribution in [3.63, 3.8) is 0 Å². The molecule has 1 aliphatic rings. The van der Waals surface area contributed by atoms with Gasteiger partial charge in [0, 0.05) is 36.0 Å². The molecule has 0 bridgehead atoms. The third kappa shape index (κ3) is 4.87. The topological polar surface area (TPSA) is 127 Å². The molecular weight excluding hydrogens is 376 g/mol. The first-order valence-electron chi connectivity index (χ1n) is 9.46. The minimum atomic E-state index is -0.560. The zero-order chi connectivity index (χ0) is 21.0. The zero-order valence-corrected chi connectivity index (χ0v) is 16.0. The molecule has 0 aliphatic heterocycles. The van der Waals surface area contributed by atoms with E-state index < -0.39 is 15.8 Å². The number of nitrogens with one attached hydrogen (secondary N) is 2. The molecule has 2 aromatic carbocycles. The highest BCUT2D eigenvalue weighted by atomic mass is 16.6. The van der Waals surface area contributed by atoms with Crippen LogP contribution in [-0.4, -0.2) is 21.8 Å². The molecule has 0 radical (unpaired) electrons. The average Bonchev–Trinajstić information content (AvgIpc) is 2.70. The molecule has 0 aromatic heterocycles. The summed E-state index contributed by atoms with van der Waals surface area (Å²) < 4.78 is 0. The van der Waals surface area contributed by atoms with Gasteiger partial charge in [-0.3, -0.25) is 25.0 Å². The Hall–Kier alpha value is -3.49. The quantitative estimate of drug-likeness (QED) is 0.531. The number of anilines is 2. The summed E-state index contributed by atoms with van der Waals surface area (Å²) in [5.74, 6) is -0.560. The summed E-state index contributed by atoms with van der Waals surface area (Å²) in [6, 6.07) is 8.52. The number of benzene rings is 2. The lowest BCUT2D eigenvalue weighted by molar-refractivity contribution is -0.385. The van der Waals surface area contributed by atoms with Crippen LogP contribution in [0.4, 0.5) is 22.7 Å². The maximum Gasteiger partial charge on any atom is 0.271 e. The first kappa shape index (κ1) is 20.2. The standard InChI is InChI=1S/C20H22N4O5/c1-13-7-8-16(24(28)29)12-19(13)22-20(25)17-11-15(23(26)27)9-10-18(17)21-14-5-3-2-4-6-14/h7-12,14,21H,2-6H2,1H3,(H,22,25). The molecule has 1 fully saturated rings. The van der Waals surface area contributed by atoms with Gasteiger partial charge >= 0.3 is 0 Å². The van der Waals surface area contributed by atoms with Gasteiger partial charge in [0.1, 0.15) is 0 Å². The van der Waals surface area contributed by atoms with Crippen LogP contribution in [0.15, 0.2) is 36.4 Å². The Morgan fingerprint density at radius 2 is 1.55 bits per heavy atom. The van der Waals surface area contributed by atoms with Crippen molar-refractivity contribution in [1.29, 1.82) is 0 Å². The van der Waals surface area contributed by atoms with E-state index in [9.17, 15) is 25.0 Å². The predicted molar refractivity (Wildman–Crippen MR) is 109 cm³/mol. The van der Waals surface area contributed by atoms with E-state index in [1.165, 1.54) is 30.7 Å². The smallest absolute Gasteiger partial charge is 0.271 e. The molecule has 9 nitrogen and oxygen atoms in total. The second-order valence-electron chi connectivity index (χ2n) is 7.18. The van der Waals surface area contributed by atoms with Crippen molar-refractivity contribution in [3.05, 3.63) is 67.8 Å². The molecule has 0 saturated heterocycles. The number of nitro benzene ring substituents is 2. The van der Waals surface area contributed by atoms with E-state index >= 15 is 0 Å². The number of rotatable bonds is 6. The van der Waals surface area contributed by atoms with Gasteiger partial charge in [-0.15, -0.1) is 0 Å². The minimum Gasteiger partial charge on any atom is -0.382 e. The number of hydrogen-bond donors (Lipinski definition) is 2. The summed E-state index contributed by atoms with van der Waals surface area (Å²) in [4.78, 5) is 34.1. The Labute approximate surface area is 167 Å². The molecule has 2 aromatic rings. The van der Waals surface area contributed by atoms with Crippen molar-refractivity contribution in [1.82, 2.24) is 0 Å². The molecule has 0 atom stereocenters. The van der Waals surface area contributed by atoms with Crippen molar-refractivity contribution >= 4 is 28.7 Å². The summed E-state index contributed by atoms with van der Waals surface area (Å²) in [7, 11) is 0. The Bertz CT molecular complexity index is 954. The van der Waals surface area contributed by atoms with Gasteiger partial charge in [0.25, 0.3) is 17.3 Å². The zero-order valence-electron chi connectivity index (χ0n) is 16.0. The van der Waals surface area contributed by atoms with Gasteiger partial charge in [0.2, 0.25) is 0 Å². The molecule has 2 N–H and O–H groups in total. The van der Waals surface area contributed by atoms with Gasteiger partial charge in [-0.05, 0) is 31.4 Å². The van der Waals surface area contributed by atoms with Crippen molar-refractivity contribution in [2.24, 2.45) is 0 Å². The van der Waals surface area contributed by atoms with Crippen LogP contribution in [0, 0.1) is 27.2 Å². The van der Waals surface area contributed by atoms with E-state index in [1.807, 2.05) is 0 Å². The second-order valence-corrected chi connectivity index (χ2v) is 7.18. The first-order chi connectivity index (χ1) is 13.8. The van der Waals surface area contributed by atoms with Gasteiger partial charge in [-0.1, -0.05) is 25.3 Å². The van der Waals surface area contributed by atoms with E-state index in [0.29, 0.717) is 16.9 Å². The number of non-ortho nitro benzene ring substituents is 2. The van der Waals surface area contributed by atoms with Crippen LogP contribution in [0.1, 0.15) is 48.0 Å². The van der Waals surface area contributed by atoms with E-state index in [-0.39, 0.29) is 23.0 Å². The van der Waals surface area contributed by atoms with Crippen molar-refractivity contribution in [2.75, 3.05) is 10.6 Å². The lowest BCUT2D eigenvalue weighted by Crippen LogP contribution is -2.24. The Morgan fingerprint density at radius 3 is 2.21 bits per heavy atom. The molecule has 0 spiro atoms. The van der Waals surface area contributed by atoms with Gasteiger partial charge in [-0.25, -0.2) is 0 Å². The number of carbonyl (C=O) groups is 1. The fourth-order valence-electron chi connectivity index (χ4n) is 3.47. The van der Waals surface area contributed by atoms with E-state index in [1.54, 1.807) is 19.1 Å². The molecule has 1 aliphatic carbocycles. The average molecular weight is 398 g/mol. The van der Waals surface area contributed by atoms with Crippen LogP contribution in [0.25, 0.3) is 0 Å². The molecule has 0 unspecified atom stereocenters. The fraction of sp³-hybridized carbons (Fsp3) is 0.350. The monoisotopic (exact) mass is 398 g/mol. The maximum atomic E-state index is 12.9. The Balaban J connectivity index is 1.91. The van der Waals surface area contributed by atoms with E-state index in [4.69, 9.17) is 0 Å². The molecule has 9 heteroatoms. The highest BCUT2D eigenvalue weighted by Gasteiger charge is 2.21. The van der Waals surface area contributed by atoms with Gasteiger partial charge in [0.05, 0.1) is 21.1 Å². The number of nitrogens with zero attached hydrogens (tertiary/aromatic N) is 2. The summed E-state index contributed by atoms with van der Waals surface area (Å²) >= 11 is 0. The van der Waals surface area contributed by atoms with Gasteiger partial charge in [-0.2, -0.15) is 0 Å². The number of hydrogen-bond acceptors (Lipinski definition) is 6. The molecule has 1 amide bonds. The lowest BCUT2D eigenvalue weighted by Gasteiger charge is -2.25. The molecule has 1 saturated carbocycles. The first-order valence-corrected chi connectivity index (χ1v) is 9.46. The molecule has 0 heterocycles. The molecular formula is C20H22N4O5. The highest BCUT2D eigenvalue weighted by Crippen LogP contribution is 2.28. The molecule has 3 rings (SSSR count). The number of amides is 1. The summed E-state index contributed by atoms with van der Waals surface area (Å²) in [6.45, 7) is 1.72. The highest BCUT2D eigenvalue weighted by molar-refractivity contribution is 6.09. The van der Waals surface area contributed by atoms with Crippen molar-refractivity contribution in [2.45, 2.75) is 45.1 Å². The van der Waals surface area contributed by atoms with Crippen LogP contribution in [-0.2, 0) is 0 Å². The predicted octanol–water partition coefficient (Wildman–Crippen LogP) is 4.81. The SMILES string of the molecule is Cc1ccc([N+](=O)[O-])cc1NC(=O)c1cc([N+](=O)[O-])ccc1NC1CCCCC1. The van der Waals surface area contributed by atoms with Crippen LogP contribution in [0.5, 0.6) is 0 Å². The molecule has 29 heavy (non-hydrogen) atoms. The number of nitro groups is 2. The van der Waals surface area contributed by atoms with Crippen molar-refractivity contribution in [3.8, 4) is 0 Å². The largest absolute Gasteiger partial charge is 0.382 e. The minimum absolute atomic E-state index is 0.135. The summed E-state index contributed by atoms with van der Waals surface area (Å²) in [5, 5.41) is 28.2. The summed E-state index contributed by atoms with van der Waals surface area (Å²) in [5.41, 5.74) is 1.25. The summed E-state index contributed by atoms with van der Waals surface area (Å²) in [6.07, 6.45) is 5.32. The normalized spacial score (nSPS) is 14.2. The van der Waals surface area contributed by atoms with Crippen LogP contribution < -0.4 is 10.6 Å². The Kier molecular flexibility index (Phi) is 6.06. The number of aryl methyl sites for hydroxylation is 1. The van der Waals surface area contributed by atoms with Crippen LogP contribution in [0.3, 0.4) is 0 Å². The third-order valence-electron chi connectivity index (χ3n) is 5.10. The Morgan fingerprint density at radius 1 is 0.931 bits per heavy atom. The number of carbonyl (C=O) groups excluding carboxylic acids is 1. The van der Waals surface area contributed by atoms with E-state index in [2.05, 4.69) is 10.6 Å². The van der Waals surface area contributed by atoms with Gasteiger partial charge < -0.3 is 10.6 Å². The maximum absolute atomic E-state index is 12.9. The lowest BCUT2D eigenvalue weighted by atomic mass is 9.95. The van der Waals surface area contributed by atoms with Gasteiger partial charge in [0.15, 0.2) is 0 Å². The van der Waals surface area contributed by atoms with Crippen molar-refractivity contribution < 1.29 is 14.6 Å². The van der Waals surface area contributed by atoms with Crippen LogP contribution in [0.2, 0.25) is 0 Å². The van der Waals surface area contributed by atoms with E-state index in [0.717, 1.165) is 25.7 Å².